The molecule has 0 bridgehead atoms. The lowest BCUT2D eigenvalue weighted by Crippen LogP contribution is -2.36. The number of rotatable bonds is 3. The van der Waals surface area contributed by atoms with E-state index in [4.69, 9.17) is 0 Å². The van der Waals surface area contributed by atoms with E-state index in [0.717, 1.165) is 24.2 Å². The van der Waals surface area contributed by atoms with Crippen LogP contribution in [-0.2, 0) is 7.05 Å². The molecule has 0 unspecified atom stereocenters. The van der Waals surface area contributed by atoms with E-state index in [-0.39, 0.29) is 5.91 Å². The lowest BCUT2D eigenvalue weighted by molar-refractivity contribution is 0.0923. The molecule has 1 saturated carbocycles. The maximum Gasteiger partial charge on any atom is 0.270 e. The highest BCUT2D eigenvalue weighted by Gasteiger charge is 2.17. The van der Waals surface area contributed by atoms with Crippen LogP contribution in [0.4, 0.5) is 0 Å². The van der Waals surface area contributed by atoms with Crippen molar-refractivity contribution in [3.05, 3.63) is 36.4 Å². The highest BCUT2D eigenvalue weighted by molar-refractivity contribution is 5.92. The van der Waals surface area contributed by atoms with Crippen LogP contribution >= 0.6 is 0 Å². The molecule has 0 aliphatic heterocycles. The number of nitrogens with zero attached hydrogens (tertiary/aromatic N) is 3. The number of carbonyl (C=O) groups is 1. The van der Waals surface area contributed by atoms with E-state index in [2.05, 4.69) is 15.3 Å². The third-order valence-electron chi connectivity index (χ3n) is 4.00. The molecule has 1 aliphatic rings. The number of hydrogen-bond acceptors (Lipinski definition) is 3. The molecular weight excluding hydrogens is 264 g/mol. The predicted molar refractivity (Wildman–Crippen MR) is 80.8 cm³/mol. The fourth-order valence-corrected chi connectivity index (χ4v) is 2.81. The van der Waals surface area contributed by atoms with E-state index < -0.39 is 0 Å². The van der Waals surface area contributed by atoms with Crippen LogP contribution in [-0.4, -0.2) is 26.5 Å². The summed E-state index contributed by atoms with van der Waals surface area (Å²) in [4.78, 5) is 20.9. The number of imidazole rings is 1. The van der Waals surface area contributed by atoms with E-state index in [1.807, 2.05) is 23.7 Å². The number of pyridine rings is 1. The molecular formula is C16H20N4O. The van der Waals surface area contributed by atoms with E-state index in [9.17, 15) is 4.79 Å². The molecule has 1 aliphatic carbocycles. The fraction of sp³-hybridized carbons (Fsp3) is 0.438. The van der Waals surface area contributed by atoms with Crippen molar-refractivity contribution in [1.82, 2.24) is 19.9 Å². The van der Waals surface area contributed by atoms with E-state index in [0.29, 0.717) is 11.7 Å². The van der Waals surface area contributed by atoms with Crippen molar-refractivity contribution in [2.75, 3.05) is 0 Å². The molecule has 0 radical (unpaired) electrons. The Morgan fingerprint density at radius 2 is 2.10 bits per heavy atom. The van der Waals surface area contributed by atoms with Crippen molar-refractivity contribution >= 4 is 5.91 Å². The Bertz CT molecular complexity index is 629. The molecule has 0 saturated heterocycles. The van der Waals surface area contributed by atoms with Crippen LogP contribution in [0.15, 0.2) is 30.7 Å². The normalized spacial score (nSPS) is 15.9. The van der Waals surface area contributed by atoms with Gasteiger partial charge in [-0.25, -0.2) is 9.97 Å². The van der Waals surface area contributed by atoms with Gasteiger partial charge in [0.2, 0.25) is 0 Å². The minimum absolute atomic E-state index is 0.0779. The van der Waals surface area contributed by atoms with Gasteiger partial charge in [0.05, 0.1) is 23.9 Å². The van der Waals surface area contributed by atoms with Crippen LogP contribution in [0.25, 0.3) is 11.4 Å². The summed E-state index contributed by atoms with van der Waals surface area (Å²) >= 11 is 0. The molecule has 110 valence electrons. The number of aryl methyl sites for hydroxylation is 1. The quantitative estimate of drug-likeness (QED) is 0.942. The smallest absolute Gasteiger partial charge is 0.270 e. The van der Waals surface area contributed by atoms with Gasteiger partial charge in [0.15, 0.2) is 0 Å². The van der Waals surface area contributed by atoms with Gasteiger partial charge in [-0.2, -0.15) is 0 Å². The molecule has 1 amide bonds. The zero-order valence-corrected chi connectivity index (χ0v) is 12.2. The van der Waals surface area contributed by atoms with Gasteiger partial charge in [-0.15, -0.1) is 0 Å². The van der Waals surface area contributed by atoms with Gasteiger partial charge in [-0.1, -0.05) is 25.3 Å². The minimum Gasteiger partial charge on any atom is -0.348 e. The van der Waals surface area contributed by atoms with Gasteiger partial charge < -0.3 is 9.88 Å². The molecule has 2 heterocycles. The van der Waals surface area contributed by atoms with Gasteiger partial charge in [0.25, 0.3) is 5.91 Å². The zero-order chi connectivity index (χ0) is 14.7. The standard InChI is InChI=1S/C16H20N4O/c1-20-11-17-10-15(20)13-8-5-9-14(19-13)16(21)18-12-6-3-2-4-7-12/h5,8-12H,2-4,6-7H2,1H3,(H,18,21). The Morgan fingerprint density at radius 3 is 2.81 bits per heavy atom. The molecule has 2 aromatic rings. The van der Waals surface area contributed by atoms with Gasteiger partial charge in [0.1, 0.15) is 5.69 Å². The summed E-state index contributed by atoms with van der Waals surface area (Å²) in [5, 5.41) is 3.10. The van der Waals surface area contributed by atoms with Crippen molar-refractivity contribution in [3.8, 4) is 11.4 Å². The molecule has 0 atom stereocenters. The number of nitrogens with one attached hydrogen (secondary N) is 1. The summed E-state index contributed by atoms with van der Waals surface area (Å²) in [5.74, 6) is -0.0779. The first kappa shape index (κ1) is 13.8. The SMILES string of the molecule is Cn1cncc1-c1cccc(C(=O)NC2CCCCC2)n1. The van der Waals surface area contributed by atoms with Gasteiger partial charge in [0, 0.05) is 13.1 Å². The van der Waals surface area contributed by atoms with E-state index in [1.165, 1.54) is 19.3 Å². The Hall–Kier alpha value is -2.17. The maximum absolute atomic E-state index is 12.3. The first-order chi connectivity index (χ1) is 10.2. The lowest BCUT2D eigenvalue weighted by atomic mass is 9.95. The summed E-state index contributed by atoms with van der Waals surface area (Å²) in [5.41, 5.74) is 2.15. The van der Waals surface area contributed by atoms with Crippen molar-refractivity contribution < 1.29 is 4.79 Å². The summed E-state index contributed by atoms with van der Waals surface area (Å²) in [6, 6.07) is 5.82. The molecule has 21 heavy (non-hydrogen) atoms. The molecule has 1 fully saturated rings. The van der Waals surface area contributed by atoms with E-state index >= 15 is 0 Å². The average molecular weight is 284 g/mol. The highest BCUT2D eigenvalue weighted by Crippen LogP contribution is 2.19. The van der Waals surface area contributed by atoms with Crippen molar-refractivity contribution in [3.63, 3.8) is 0 Å². The van der Waals surface area contributed by atoms with Gasteiger partial charge >= 0.3 is 0 Å². The average Bonchev–Trinajstić information content (AvgIpc) is 2.94. The maximum atomic E-state index is 12.3. The third kappa shape index (κ3) is 3.12. The number of amides is 1. The van der Waals surface area contributed by atoms with Crippen molar-refractivity contribution in [2.45, 2.75) is 38.1 Å². The van der Waals surface area contributed by atoms with Crippen LogP contribution in [0.1, 0.15) is 42.6 Å². The molecule has 3 rings (SSSR count). The number of aromatic nitrogens is 3. The number of hydrogen-bond donors (Lipinski definition) is 1. The molecule has 0 spiro atoms. The van der Waals surface area contributed by atoms with Crippen molar-refractivity contribution in [1.29, 1.82) is 0 Å². The van der Waals surface area contributed by atoms with Crippen LogP contribution in [0.2, 0.25) is 0 Å². The minimum atomic E-state index is -0.0779. The van der Waals surface area contributed by atoms with Crippen molar-refractivity contribution in [2.24, 2.45) is 7.05 Å². The first-order valence-electron chi connectivity index (χ1n) is 7.48. The topological polar surface area (TPSA) is 59.8 Å². The summed E-state index contributed by atoms with van der Waals surface area (Å²) in [6.07, 6.45) is 9.32. The second kappa shape index (κ2) is 6.08. The summed E-state index contributed by atoms with van der Waals surface area (Å²) < 4.78 is 1.89. The Labute approximate surface area is 124 Å². The Kier molecular flexibility index (Phi) is 3.99. The molecule has 1 N–H and O–H groups in total. The summed E-state index contributed by atoms with van der Waals surface area (Å²) in [6.45, 7) is 0. The lowest BCUT2D eigenvalue weighted by Gasteiger charge is -2.22. The molecule has 2 aromatic heterocycles. The number of carbonyl (C=O) groups excluding carboxylic acids is 1. The van der Waals surface area contributed by atoms with E-state index in [1.54, 1.807) is 18.6 Å². The first-order valence-corrected chi connectivity index (χ1v) is 7.48. The Balaban J connectivity index is 1.76. The predicted octanol–water partition coefficient (Wildman–Crippen LogP) is 2.54. The Morgan fingerprint density at radius 1 is 1.29 bits per heavy atom. The third-order valence-corrected chi connectivity index (χ3v) is 4.00. The second-order valence-electron chi connectivity index (χ2n) is 5.61. The van der Waals surface area contributed by atoms with Crippen LogP contribution in [0.3, 0.4) is 0 Å². The molecule has 0 aromatic carbocycles. The molecule has 5 heteroatoms. The fourth-order valence-electron chi connectivity index (χ4n) is 2.81. The highest BCUT2D eigenvalue weighted by atomic mass is 16.1. The monoisotopic (exact) mass is 284 g/mol. The van der Waals surface area contributed by atoms with Gasteiger partial charge in [-0.05, 0) is 25.0 Å². The second-order valence-corrected chi connectivity index (χ2v) is 5.61. The van der Waals surface area contributed by atoms with Crippen LogP contribution in [0, 0.1) is 0 Å². The van der Waals surface area contributed by atoms with Crippen LogP contribution < -0.4 is 5.32 Å². The van der Waals surface area contributed by atoms with Gasteiger partial charge in [-0.3, -0.25) is 4.79 Å². The van der Waals surface area contributed by atoms with Crippen LogP contribution in [0.5, 0.6) is 0 Å². The summed E-state index contributed by atoms with van der Waals surface area (Å²) in [7, 11) is 1.92. The largest absolute Gasteiger partial charge is 0.348 e. The molecule has 5 nitrogen and oxygen atoms in total. The zero-order valence-electron chi connectivity index (χ0n) is 12.2.